The number of benzene rings is 1. The number of nitrogens with one attached hydrogen (secondary N) is 1. The lowest BCUT2D eigenvalue weighted by Gasteiger charge is -2.46. The van der Waals surface area contributed by atoms with Crippen molar-refractivity contribution in [3.63, 3.8) is 0 Å². The topological polar surface area (TPSA) is 88.6 Å². The Morgan fingerprint density at radius 2 is 1.89 bits per heavy atom. The second-order valence-corrected chi connectivity index (χ2v) is 10.9. The highest BCUT2D eigenvalue weighted by atomic mass is 32.1. The maximum absolute atomic E-state index is 12.9. The summed E-state index contributed by atoms with van der Waals surface area (Å²) < 4.78 is 38.6. The van der Waals surface area contributed by atoms with Gasteiger partial charge in [-0.25, -0.2) is 9.97 Å². The van der Waals surface area contributed by atoms with Crippen molar-refractivity contribution in [1.82, 2.24) is 9.97 Å². The van der Waals surface area contributed by atoms with Crippen LogP contribution in [-0.2, 0) is 11.8 Å². The maximum Gasteiger partial charge on any atom is 0.393 e. The van der Waals surface area contributed by atoms with Gasteiger partial charge in [0, 0.05) is 29.7 Å². The molecule has 10 heteroatoms. The summed E-state index contributed by atoms with van der Waals surface area (Å²) in [7, 11) is 0. The van der Waals surface area contributed by atoms with Crippen molar-refractivity contribution in [2.24, 2.45) is 5.41 Å². The average Bonchev–Trinajstić information content (AvgIpc) is 3.41. The number of nitriles is 2. The van der Waals surface area contributed by atoms with Gasteiger partial charge in [0.15, 0.2) is 5.41 Å². The quantitative estimate of drug-likeness (QED) is 0.497. The smallest absolute Gasteiger partial charge is 0.382 e. The molecule has 3 aromatic rings. The van der Waals surface area contributed by atoms with Crippen molar-refractivity contribution in [3.05, 3.63) is 47.1 Å². The highest BCUT2D eigenvalue weighted by molar-refractivity contribution is 7.18. The molecule has 2 aliphatic rings. The van der Waals surface area contributed by atoms with Crippen molar-refractivity contribution >= 4 is 33.1 Å². The van der Waals surface area contributed by atoms with Gasteiger partial charge in [0.25, 0.3) is 0 Å². The SMILES string of the molecule is CC(C#N)(C#N)c1ccc(NC2CC3(CCN(c4ncnc5sc(CC(F)(F)F)cc45)C3)C2)cc1. The number of nitrogens with zero attached hydrogens (tertiary/aromatic N) is 5. The number of fused-ring (bicyclic) bond motifs is 1. The number of hydrogen-bond acceptors (Lipinski definition) is 7. The predicted octanol–water partition coefficient (Wildman–Crippen LogP) is 5.57. The largest absolute Gasteiger partial charge is 0.393 e. The Hall–Kier alpha value is -3.37. The first-order chi connectivity index (χ1) is 16.6. The van der Waals surface area contributed by atoms with Crippen LogP contribution in [0.2, 0.25) is 0 Å². The molecule has 1 N–H and O–H groups in total. The summed E-state index contributed by atoms with van der Waals surface area (Å²) in [5.74, 6) is 0.724. The van der Waals surface area contributed by atoms with Gasteiger partial charge in [-0.05, 0) is 55.4 Å². The Morgan fingerprint density at radius 3 is 2.54 bits per heavy atom. The molecule has 0 amide bonds. The fourth-order valence-corrected chi connectivity index (χ4v) is 6.28. The van der Waals surface area contributed by atoms with Crippen molar-refractivity contribution in [3.8, 4) is 12.1 Å². The summed E-state index contributed by atoms with van der Waals surface area (Å²) in [6.07, 6.45) is -0.747. The van der Waals surface area contributed by atoms with E-state index >= 15 is 0 Å². The summed E-state index contributed by atoms with van der Waals surface area (Å²) in [6, 6.07) is 13.5. The minimum absolute atomic E-state index is 0.167. The molecule has 35 heavy (non-hydrogen) atoms. The normalized spacial score (nSPS) is 22.1. The van der Waals surface area contributed by atoms with E-state index in [0.29, 0.717) is 21.8 Å². The molecule has 3 heterocycles. The number of alkyl halides is 3. The molecule has 180 valence electrons. The maximum atomic E-state index is 12.9. The van der Waals surface area contributed by atoms with Gasteiger partial charge in [0.2, 0.25) is 0 Å². The van der Waals surface area contributed by atoms with E-state index in [1.165, 1.54) is 6.33 Å². The van der Waals surface area contributed by atoms with Gasteiger partial charge < -0.3 is 10.2 Å². The van der Waals surface area contributed by atoms with Crippen molar-refractivity contribution in [2.45, 2.75) is 50.2 Å². The molecular weight excluding hydrogens is 473 g/mol. The Morgan fingerprint density at radius 1 is 1.17 bits per heavy atom. The van der Waals surface area contributed by atoms with E-state index < -0.39 is 18.0 Å². The van der Waals surface area contributed by atoms with Crippen LogP contribution in [0.4, 0.5) is 24.7 Å². The van der Waals surface area contributed by atoms with E-state index in [-0.39, 0.29) is 10.3 Å². The lowest BCUT2D eigenvalue weighted by atomic mass is 9.65. The first kappa shape index (κ1) is 23.4. The van der Waals surface area contributed by atoms with Crippen LogP contribution in [0, 0.1) is 28.1 Å². The highest BCUT2D eigenvalue weighted by Crippen LogP contribution is 2.50. The fourth-order valence-electron chi connectivity index (χ4n) is 5.26. The van der Waals surface area contributed by atoms with Gasteiger partial charge in [-0.3, -0.25) is 0 Å². The molecule has 1 aliphatic heterocycles. The molecule has 0 radical (unpaired) electrons. The lowest BCUT2D eigenvalue weighted by Crippen LogP contribution is -2.46. The molecule has 5 rings (SSSR count). The zero-order valence-electron chi connectivity index (χ0n) is 19.1. The van der Waals surface area contributed by atoms with Crippen LogP contribution in [0.15, 0.2) is 36.7 Å². The third-order valence-corrected chi connectivity index (χ3v) is 8.15. The molecule has 1 aliphatic carbocycles. The number of rotatable bonds is 5. The van der Waals surface area contributed by atoms with Crippen LogP contribution in [0.1, 0.15) is 36.6 Å². The Balaban J connectivity index is 1.23. The molecule has 1 saturated heterocycles. The van der Waals surface area contributed by atoms with E-state index in [1.807, 2.05) is 24.3 Å². The van der Waals surface area contributed by atoms with E-state index in [1.54, 1.807) is 13.0 Å². The van der Waals surface area contributed by atoms with Gasteiger partial charge in [0.05, 0.1) is 23.9 Å². The summed E-state index contributed by atoms with van der Waals surface area (Å²) in [4.78, 5) is 11.7. The second kappa shape index (κ2) is 8.39. The predicted molar refractivity (Wildman–Crippen MR) is 128 cm³/mol. The first-order valence-electron chi connectivity index (χ1n) is 11.4. The Labute approximate surface area is 205 Å². The first-order valence-corrected chi connectivity index (χ1v) is 12.2. The highest BCUT2D eigenvalue weighted by Gasteiger charge is 2.49. The standard InChI is InChI=1S/C25H23F3N6S/c1-23(12-29,13-30)16-2-4-17(5-3-16)33-18-9-24(10-18)6-7-34(14-24)21-20-8-19(11-25(26,27)28)35-22(20)32-15-31-21/h2-5,8,15,18,33H,6-7,9-11,14H2,1H3. The molecule has 0 atom stereocenters. The van der Waals surface area contributed by atoms with Gasteiger partial charge in [-0.1, -0.05) is 12.1 Å². The Kier molecular flexibility index (Phi) is 5.60. The van der Waals surface area contributed by atoms with E-state index in [9.17, 15) is 23.7 Å². The average molecular weight is 497 g/mol. The number of aromatic nitrogens is 2. The van der Waals surface area contributed by atoms with E-state index in [0.717, 1.165) is 55.2 Å². The zero-order chi connectivity index (χ0) is 24.8. The van der Waals surface area contributed by atoms with Gasteiger partial charge in [0.1, 0.15) is 17.0 Å². The summed E-state index contributed by atoms with van der Waals surface area (Å²) in [5, 5.41) is 22.8. The van der Waals surface area contributed by atoms with Crippen LogP contribution in [0.25, 0.3) is 10.2 Å². The van der Waals surface area contributed by atoms with Crippen LogP contribution in [-0.4, -0.2) is 35.3 Å². The molecular formula is C25H23F3N6S. The van der Waals surface area contributed by atoms with Crippen molar-refractivity contribution in [2.75, 3.05) is 23.3 Å². The molecule has 0 bridgehead atoms. The van der Waals surface area contributed by atoms with E-state index in [2.05, 4.69) is 32.3 Å². The molecule has 0 unspecified atom stereocenters. The monoisotopic (exact) mass is 496 g/mol. The summed E-state index contributed by atoms with van der Waals surface area (Å²) in [6.45, 7) is 3.25. The molecule has 6 nitrogen and oxygen atoms in total. The second-order valence-electron chi connectivity index (χ2n) is 9.77. The van der Waals surface area contributed by atoms with Crippen LogP contribution >= 0.6 is 11.3 Å². The Bertz CT molecular complexity index is 1310. The third-order valence-electron chi connectivity index (χ3n) is 7.11. The van der Waals surface area contributed by atoms with Crippen LogP contribution in [0.3, 0.4) is 0 Å². The van der Waals surface area contributed by atoms with Gasteiger partial charge >= 0.3 is 6.18 Å². The number of hydrogen-bond donors (Lipinski definition) is 1. The lowest BCUT2D eigenvalue weighted by molar-refractivity contribution is -0.126. The molecule has 2 aromatic heterocycles. The van der Waals surface area contributed by atoms with Crippen molar-refractivity contribution < 1.29 is 13.2 Å². The minimum atomic E-state index is -4.24. The molecule has 1 aromatic carbocycles. The molecule has 1 saturated carbocycles. The number of thiophene rings is 1. The van der Waals surface area contributed by atoms with E-state index in [4.69, 9.17) is 0 Å². The van der Waals surface area contributed by atoms with Crippen LogP contribution < -0.4 is 10.2 Å². The summed E-state index contributed by atoms with van der Waals surface area (Å²) in [5.41, 5.74) is 0.636. The molecule has 1 spiro atoms. The molecule has 2 fully saturated rings. The number of halogens is 3. The zero-order valence-corrected chi connectivity index (χ0v) is 19.9. The third kappa shape index (κ3) is 4.51. The van der Waals surface area contributed by atoms with Crippen molar-refractivity contribution in [1.29, 1.82) is 10.5 Å². The van der Waals surface area contributed by atoms with Gasteiger partial charge in [-0.15, -0.1) is 11.3 Å². The van der Waals surface area contributed by atoms with Gasteiger partial charge in [-0.2, -0.15) is 23.7 Å². The minimum Gasteiger partial charge on any atom is -0.382 e. The summed E-state index contributed by atoms with van der Waals surface area (Å²) >= 11 is 1.08. The number of anilines is 2. The fraction of sp³-hybridized carbons (Fsp3) is 0.440. The van der Waals surface area contributed by atoms with Crippen LogP contribution in [0.5, 0.6) is 0 Å².